The Hall–Kier alpha value is -2.78. The molecule has 1 atom stereocenters. The number of hydrogen-bond donors (Lipinski definition) is 2. The Kier molecular flexibility index (Phi) is 8.75. The highest BCUT2D eigenvalue weighted by atomic mass is 19.4. The molecule has 0 aliphatic heterocycles. The lowest BCUT2D eigenvalue weighted by atomic mass is 10.1. The molecule has 28 heavy (non-hydrogen) atoms. The van der Waals surface area contributed by atoms with Gasteiger partial charge < -0.3 is 14.8 Å². The summed E-state index contributed by atoms with van der Waals surface area (Å²) >= 11 is 0. The van der Waals surface area contributed by atoms with Gasteiger partial charge in [0.2, 0.25) is 0 Å². The van der Waals surface area contributed by atoms with Gasteiger partial charge in [0.25, 0.3) is 5.91 Å². The van der Waals surface area contributed by atoms with Crippen molar-refractivity contribution in [1.82, 2.24) is 5.32 Å². The lowest BCUT2D eigenvalue weighted by molar-refractivity contribution is -0.141. The molecule has 0 aromatic heterocycles. The standard InChI is InChI=1S/C18H23F3N2O5/c1-11(2)10-15(16(25)22-8-9-27-12(3)24)28-17(26)23-14-6-4-13(5-7-14)18(19,20)21/h4-7,11,15H,8-10H2,1-3H3,(H,22,25)(H,23,26)/t15-/m0/s1. The van der Waals surface area contributed by atoms with Crippen LogP contribution in [0.4, 0.5) is 23.7 Å². The second-order valence-electron chi connectivity index (χ2n) is 6.35. The number of carbonyl (C=O) groups excluding carboxylic acids is 3. The monoisotopic (exact) mass is 404 g/mol. The van der Waals surface area contributed by atoms with Crippen molar-refractivity contribution < 1.29 is 37.0 Å². The molecule has 1 aromatic rings. The van der Waals surface area contributed by atoms with Gasteiger partial charge in [-0.25, -0.2) is 4.79 Å². The number of nitrogens with one attached hydrogen (secondary N) is 2. The topological polar surface area (TPSA) is 93.7 Å². The molecule has 0 fully saturated rings. The van der Waals surface area contributed by atoms with E-state index in [1.807, 2.05) is 13.8 Å². The second kappa shape index (κ2) is 10.5. The first kappa shape index (κ1) is 23.3. The zero-order chi connectivity index (χ0) is 21.3. The van der Waals surface area contributed by atoms with Gasteiger partial charge in [-0.15, -0.1) is 0 Å². The van der Waals surface area contributed by atoms with E-state index in [1.165, 1.54) is 6.92 Å². The number of ether oxygens (including phenoxy) is 2. The maximum atomic E-state index is 12.6. The lowest BCUT2D eigenvalue weighted by Gasteiger charge is -2.19. The molecule has 2 amide bonds. The molecule has 0 spiro atoms. The third-order valence-corrected chi connectivity index (χ3v) is 3.39. The smallest absolute Gasteiger partial charge is 0.416 e. The fraction of sp³-hybridized carbons (Fsp3) is 0.500. The maximum Gasteiger partial charge on any atom is 0.416 e. The molecule has 0 radical (unpaired) electrons. The highest BCUT2D eigenvalue weighted by Crippen LogP contribution is 2.29. The van der Waals surface area contributed by atoms with Gasteiger partial charge in [0.1, 0.15) is 6.61 Å². The summed E-state index contributed by atoms with van der Waals surface area (Å²) in [4.78, 5) is 34.9. The minimum Gasteiger partial charge on any atom is -0.464 e. The van der Waals surface area contributed by atoms with Crippen LogP contribution >= 0.6 is 0 Å². The summed E-state index contributed by atoms with van der Waals surface area (Å²) in [6.07, 6.45) is -6.32. The van der Waals surface area contributed by atoms with Gasteiger partial charge in [-0.2, -0.15) is 13.2 Å². The molecule has 0 aliphatic carbocycles. The summed E-state index contributed by atoms with van der Waals surface area (Å²) in [5.74, 6) is -1.02. The van der Waals surface area contributed by atoms with E-state index in [9.17, 15) is 27.6 Å². The van der Waals surface area contributed by atoms with Crippen LogP contribution in [0, 0.1) is 5.92 Å². The van der Waals surface area contributed by atoms with Crippen molar-refractivity contribution in [2.75, 3.05) is 18.5 Å². The zero-order valence-corrected chi connectivity index (χ0v) is 15.8. The number of halogens is 3. The van der Waals surface area contributed by atoms with Crippen LogP contribution in [0.1, 0.15) is 32.8 Å². The van der Waals surface area contributed by atoms with E-state index >= 15 is 0 Å². The molecule has 0 aliphatic rings. The minimum absolute atomic E-state index is 0.0206. The minimum atomic E-state index is -4.48. The van der Waals surface area contributed by atoms with Crippen LogP contribution in [-0.4, -0.2) is 37.2 Å². The maximum absolute atomic E-state index is 12.6. The number of hydrogen-bond acceptors (Lipinski definition) is 5. The third-order valence-electron chi connectivity index (χ3n) is 3.39. The predicted octanol–water partition coefficient (Wildman–Crippen LogP) is 3.35. The molecular formula is C18H23F3N2O5. The molecule has 2 N–H and O–H groups in total. The van der Waals surface area contributed by atoms with Crippen molar-refractivity contribution in [1.29, 1.82) is 0 Å². The van der Waals surface area contributed by atoms with E-state index in [0.29, 0.717) is 0 Å². The molecule has 1 aromatic carbocycles. The van der Waals surface area contributed by atoms with E-state index in [2.05, 4.69) is 10.6 Å². The number of benzene rings is 1. The molecule has 0 bridgehead atoms. The number of anilines is 1. The first-order valence-electron chi connectivity index (χ1n) is 8.55. The number of carbonyl (C=O) groups is 3. The van der Waals surface area contributed by atoms with Crippen molar-refractivity contribution in [3.63, 3.8) is 0 Å². The SMILES string of the molecule is CC(=O)OCCNC(=O)[C@H](CC(C)C)OC(=O)Nc1ccc(C(F)(F)F)cc1. The average molecular weight is 404 g/mol. The van der Waals surface area contributed by atoms with Gasteiger partial charge in [-0.3, -0.25) is 14.9 Å². The summed E-state index contributed by atoms with van der Waals surface area (Å²) < 4.78 is 47.5. The Morgan fingerprint density at radius 3 is 2.21 bits per heavy atom. The van der Waals surface area contributed by atoms with Crippen LogP contribution in [0.5, 0.6) is 0 Å². The summed E-state index contributed by atoms with van der Waals surface area (Å²) in [6.45, 7) is 4.93. The summed E-state index contributed by atoms with van der Waals surface area (Å²) in [7, 11) is 0. The molecule has 7 nitrogen and oxygen atoms in total. The van der Waals surface area contributed by atoms with Gasteiger partial charge in [0.15, 0.2) is 6.10 Å². The summed E-state index contributed by atoms with van der Waals surface area (Å²) in [5.41, 5.74) is -0.757. The van der Waals surface area contributed by atoms with Crippen molar-refractivity contribution in [2.24, 2.45) is 5.92 Å². The fourth-order valence-electron chi connectivity index (χ4n) is 2.14. The van der Waals surface area contributed by atoms with Gasteiger partial charge in [0, 0.05) is 12.6 Å². The van der Waals surface area contributed by atoms with E-state index in [1.54, 1.807) is 0 Å². The number of amides is 2. The Balaban J connectivity index is 2.63. The Morgan fingerprint density at radius 2 is 1.71 bits per heavy atom. The molecule has 0 saturated heterocycles. The predicted molar refractivity (Wildman–Crippen MR) is 94.4 cm³/mol. The molecule has 156 valence electrons. The van der Waals surface area contributed by atoms with E-state index in [0.717, 1.165) is 24.3 Å². The highest BCUT2D eigenvalue weighted by molar-refractivity contribution is 5.88. The van der Waals surface area contributed by atoms with Crippen LogP contribution < -0.4 is 10.6 Å². The molecule has 0 saturated carbocycles. The lowest BCUT2D eigenvalue weighted by Crippen LogP contribution is -2.40. The van der Waals surface area contributed by atoms with Crippen LogP contribution in [-0.2, 0) is 25.2 Å². The molecule has 0 unspecified atom stereocenters. The van der Waals surface area contributed by atoms with Crippen LogP contribution in [0.25, 0.3) is 0 Å². The van der Waals surface area contributed by atoms with Gasteiger partial charge in [0.05, 0.1) is 12.1 Å². The molecular weight excluding hydrogens is 381 g/mol. The van der Waals surface area contributed by atoms with Crippen molar-refractivity contribution in [3.8, 4) is 0 Å². The quantitative estimate of drug-likeness (QED) is 0.512. The largest absolute Gasteiger partial charge is 0.464 e. The van der Waals surface area contributed by atoms with Crippen molar-refractivity contribution >= 4 is 23.7 Å². The Morgan fingerprint density at radius 1 is 1.11 bits per heavy atom. The Labute approximate surface area is 160 Å². The normalized spacial score (nSPS) is 12.2. The van der Waals surface area contributed by atoms with Crippen LogP contribution in [0.3, 0.4) is 0 Å². The number of esters is 1. The van der Waals surface area contributed by atoms with E-state index in [-0.39, 0.29) is 31.2 Å². The van der Waals surface area contributed by atoms with E-state index < -0.39 is 35.8 Å². The molecule has 1 rings (SSSR count). The van der Waals surface area contributed by atoms with Crippen molar-refractivity contribution in [3.05, 3.63) is 29.8 Å². The summed E-state index contributed by atoms with van der Waals surface area (Å²) in [6, 6.07) is 3.81. The van der Waals surface area contributed by atoms with Gasteiger partial charge in [-0.05, 0) is 36.6 Å². The third kappa shape index (κ3) is 8.74. The first-order valence-corrected chi connectivity index (χ1v) is 8.55. The molecule has 0 heterocycles. The molecule has 10 heteroatoms. The number of rotatable bonds is 8. The van der Waals surface area contributed by atoms with Gasteiger partial charge in [-0.1, -0.05) is 13.8 Å². The average Bonchev–Trinajstić information content (AvgIpc) is 2.57. The Bertz CT molecular complexity index is 675. The van der Waals surface area contributed by atoms with E-state index in [4.69, 9.17) is 9.47 Å². The number of alkyl halides is 3. The fourth-order valence-corrected chi connectivity index (χ4v) is 2.14. The first-order chi connectivity index (χ1) is 13.0. The van der Waals surface area contributed by atoms with Crippen molar-refractivity contribution in [2.45, 2.75) is 39.5 Å². The summed E-state index contributed by atoms with van der Waals surface area (Å²) in [5, 5.41) is 4.77. The van der Waals surface area contributed by atoms with Crippen LogP contribution in [0.2, 0.25) is 0 Å². The second-order valence-corrected chi connectivity index (χ2v) is 6.35. The highest BCUT2D eigenvalue weighted by Gasteiger charge is 2.30. The zero-order valence-electron chi connectivity index (χ0n) is 15.8. The van der Waals surface area contributed by atoms with Crippen LogP contribution in [0.15, 0.2) is 24.3 Å². The van der Waals surface area contributed by atoms with Gasteiger partial charge >= 0.3 is 18.2 Å².